The number of carbonyl (C=O) groups is 5. The number of amides is 5. The number of anilines is 1. The number of urea groups is 1. The minimum Gasteiger partial charge on any atom is -0.444 e. The lowest BCUT2D eigenvalue weighted by Gasteiger charge is -2.41. The molecule has 0 spiro atoms. The van der Waals surface area contributed by atoms with Gasteiger partial charge in [0.25, 0.3) is 5.91 Å². The molecule has 3 heterocycles. The van der Waals surface area contributed by atoms with Gasteiger partial charge >= 0.3 is 18.1 Å². The second-order valence-corrected chi connectivity index (χ2v) is 13.8. The predicted octanol–water partition coefficient (Wildman–Crippen LogP) is 4.38. The van der Waals surface area contributed by atoms with E-state index in [1.807, 2.05) is 19.1 Å². The zero-order valence-electron chi connectivity index (χ0n) is 27.6. The van der Waals surface area contributed by atoms with Crippen molar-refractivity contribution in [1.82, 2.24) is 20.0 Å². The van der Waals surface area contributed by atoms with Gasteiger partial charge in [0.15, 0.2) is 13.0 Å². The molecular formula is C34H42ClN5O8. The summed E-state index contributed by atoms with van der Waals surface area (Å²) in [5.41, 5.74) is 2.85. The summed E-state index contributed by atoms with van der Waals surface area (Å²) in [7, 11) is 0. The molecule has 0 saturated carbocycles. The molecule has 0 aliphatic carbocycles. The van der Waals surface area contributed by atoms with E-state index in [4.69, 9.17) is 21.1 Å². The molecule has 2 aromatic carbocycles. The number of fused-ring (bicyclic) bond motifs is 1. The Bertz CT molecular complexity index is 1590. The molecule has 2 unspecified atom stereocenters. The van der Waals surface area contributed by atoms with Crippen LogP contribution in [0.4, 0.5) is 15.3 Å². The number of rotatable bonds is 7. The lowest BCUT2D eigenvalue weighted by atomic mass is 9.97. The van der Waals surface area contributed by atoms with Gasteiger partial charge in [-0.05, 0) is 81.8 Å². The number of ether oxygens (including phenoxy) is 2. The lowest BCUT2D eigenvalue weighted by molar-refractivity contribution is -0.176. The first-order valence-corrected chi connectivity index (χ1v) is 16.4. The number of benzene rings is 2. The molecule has 0 aromatic heterocycles. The van der Waals surface area contributed by atoms with Crippen molar-refractivity contribution in [3.05, 3.63) is 63.7 Å². The van der Waals surface area contributed by atoms with Crippen molar-refractivity contribution < 1.29 is 38.6 Å². The molecule has 3 N–H and O–H groups in total. The highest BCUT2D eigenvalue weighted by Gasteiger charge is 2.43. The zero-order chi connectivity index (χ0) is 34.7. The molecule has 2 atom stereocenters. The number of nitrogens with zero attached hydrogens (tertiary/aromatic N) is 3. The van der Waals surface area contributed by atoms with Crippen molar-refractivity contribution in [2.45, 2.75) is 84.3 Å². The number of halogens is 1. The Kier molecular flexibility index (Phi) is 10.5. The molecule has 3 aliphatic heterocycles. The molecule has 14 heteroatoms. The molecule has 2 fully saturated rings. The first kappa shape index (κ1) is 35.0. The number of aryl methyl sites for hydroxylation is 1. The van der Waals surface area contributed by atoms with Crippen LogP contribution in [0.5, 0.6) is 0 Å². The van der Waals surface area contributed by atoms with E-state index in [0.29, 0.717) is 42.2 Å². The number of likely N-dealkylation sites (tertiary alicyclic amines) is 2. The topological polar surface area (TPSA) is 158 Å². The summed E-state index contributed by atoms with van der Waals surface area (Å²) in [4.78, 5) is 68.0. The Labute approximate surface area is 284 Å². The fourth-order valence-corrected chi connectivity index (χ4v) is 6.24. The summed E-state index contributed by atoms with van der Waals surface area (Å²) in [5, 5.41) is 17.3. The molecule has 0 radical (unpaired) electrons. The van der Waals surface area contributed by atoms with Crippen LogP contribution in [0.2, 0.25) is 5.02 Å². The minimum atomic E-state index is -1.37. The number of nitrogens with one attached hydrogen (secondary N) is 2. The summed E-state index contributed by atoms with van der Waals surface area (Å²) < 4.78 is 10.9. The number of hydrogen-bond acceptors (Lipinski definition) is 8. The van der Waals surface area contributed by atoms with Gasteiger partial charge in [-0.15, -0.1) is 0 Å². The van der Waals surface area contributed by atoms with Gasteiger partial charge in [0.1, 0.15) is 5.60 Å². The van der Waals surface area contributed by atoms with Crippen molar-refractivity contribution in [1.29, 1.82) is 0 Å². The van der Waals surface area contributed by atoms with Gasteiger partial charge in [0.2, 0.25) is 5.91 Å². The van der Waals surface area contributed by atoms with Gasteiger partial charge in [-0.25, -0.2) is 9.59 Å². The quantitative estimate of drug-likeness (QED) is 0.363. The van der Waals surface area contributed by atoms with Gasteiger partial charge in [0.05, 0.1) is 12.0 Å². The van der Waals surface area contributed by atoms with E-state index >= 15 is 0 Å². The average molecular weight is 684 g/mol. The van der Waals surface area contributed by atoms with E-state index in [9.17, 15) is 29.1 Å². The maximum absolute atomic E-state index is 13.4. The highest BCUT2D eigenvalue weighted by atomic mass is 35.5. The summed E-state index contributed by atoms with van der Waals surface area (Å²) >= 11 is 6.14. The van der Waals surface area contributed by atoms with Crippen molar-refractivity contribution in [2.24, 2.45) is 5.92 Å². The fraction of sp³-hybridized carbons (Fsp3) is 0.500. The first-order valence-electron chi connectivity index (χ1n) is 16.1. The SMILES string of the molecule is Cc1ccc(NC(=O)NCc2ccc3c(c2)CN(C2CCC(=O)N(COC(=O)C4CCN(C(=O)OC(C)(C)C)CC4)C2O)C3=O)cc1Cl. The average Bonchev–Trinajstić information content (AvgIpc) is 3.36. The monoisotopic (exact) mass is 683 g/mol. The Morgan fingerprint density at radius 2 is 1.77 bits per heavy atom. The fourth-order valence-electron chi connectivity index (χ4n) is 6.06. The molecule has 48 heavy (non-hydrogen) atoms. The molecule has 2 saturated heterocycles. The van der Waals surface area contributed by atoms with Crippen molar-refractivity contribution in [3.8, 4) is 0 Å². The second kappa shape index (κ2) is 14.4. The third-order valence-electron chi connectivity index (χ3n) is 8.75. The molecular weight excluding hydrogens is 642 g/mol. The van der Waals surface area contributed by atoms with Gasteiger partial charge in [-0.1, -0.05) is 29.8 Å². The number of hydrogen-bond donors (Lipinski definition) is 3. The van der Waals surface area contributed by atoms with Crippen LogP contribution in [0.15, 0.2) is 36.4 Å². The van der Waals surface area contributed by atoms with Crippen LogP contribution in [-0.2, 0) is 32.2 Å². The molecule has 258 valence electrons. The van der Waals surface area contributed by atoms with E-state index in [-0.39, 0.29) is 37.7 Å². The van der Waals surface area contributed by atoms with Crippen LogP contribution in [0.25, 0.3) is 0 Å². The molecule has 13 nitrogen and oxygen atoms in total. The summed E-state index contributed by atoms with van der Waals surface area (Å²) in [5.74, 6) is -1.62. The number of esters is 1. The predicted molar refractivity (Wildman–Crippen MR) is 176 cm³/mol. The van der Waals surface area contributed by atoms with E-state index < -0.39 is 48.6 Å². The van der Waals surface area contributed by atoms with Crippen LogP contribution < -0.4 is 10.6 Å². The van der Waals surface area contributed by atoms with Crippen LogP contribution in [-0.4, -0.2) is 87.4 Å². The molecule has 0 bridgehead atoms. The van der Waals surface area contributed by atoms with E-state index in [0.717, 1.165) is 21.6 Å². The Hall–Kier alpha value is -4.36. The second-order valence-electron chi connectivity index (χ2n) is 13.4. The van der Waals surface area contributed by atoms with Crippen molar-refractivity contribution in [2.75, 3.05) is 25.1 Å². The number of piperidine rings is 2. The van der Waals surface area contributed by atoms with E-state index in [1.165, 1.54) is 4.90 Å². The van der Waals surface area contributed by atoms with Crippen LogP contribution in [0.3, 0.4) is 0 Å². The smallest absolute Gasteiger partial charge is 0.410 e. The standard InChI is InChI=1S/C34H42ClN5O8/c1-20-5-7-24(16-26(20)35)37-32(45)36-17-21-6-8-25-23(15-21)18-39(29(25)42)27-9-10-28(41)40(30(27)43)19-47-31(44)22-11-13-38(14-12-22)33(46)48-34(2,3)4/h5-8,15-16,22,27,30,43H,9-14,17-19H2,1-4H3,(H2,36,37,45). The van der Waals surface area contributed by atoms with Gasteiger partial charge in [-0.3, -0.25) is 19.3 Å². The molecule has 5 amide bonds. The summed E-state index contributed by atoms with van der Waals surface area (Å²) in [6.07, 6.45) is -0.689. The molecule has 2 aromatic rings. The highest BCUT2D eigenvalue weighted by molar-refractivity contribution is 6.31. The minimum absolute atomic E-state index is 0.0736. The van der Waals surface area contributed by atoms with Crippen LogP contribution in [0.1, 0.15) is 73.5 Å². The van der Waals surface area contributed by atoms with Crippen LogP contribution in [0, 0.1) is 12.8 Å². The third-order valence-corrected chi connectivity index (χ3v) is 9.16. The Morgan fingerprint density at radius 1 is 1.04 bits per heavy atom. The van der Waals surface area contributed by atoms with E-state index in [1.54, 1.807) is 49.9 Å². The molecule has 3 aliphatic rings. The lowest BCUT2D eigenvalue weighted by Crippen LogP contribution is -2.58. The van der Waals surface area contributed by atoms with Crippen LogP contribution >= 0.6 is 11.6 Å². The number of aliphatic hydroxyl groups excluding tert-OH is 1. The van der Waals surface area contributed by atoms with Crippen molar-refractivity contribution >= 4 is 47.2 Å². The third kappa shape index (κ3) is 8.19. The molecule has 5 rings (SSSR count). The van der Waals surface area contributed by atoms with Gasteiger partial charge in [-0.2, -0.15) is 0 Å². The van der Waals surface area contributed by atoms with E-state index in [2.05, 4.69) is 10.6 Å². The Morgan fingerprint density at radius 3 is 2.46 bits per heavy atom. The number of carbonyl (C=O) groups excluding carboxylic acids is 5. The van der Waals surface area contributed by atoms with Crippen molar-refractivity contribution in [3.63, 3.8) is 0 Å². The first-order chi connectivity index (χ1) is 22.7. The van der Waals surface area contributed by atoms with Gasteiger partial charge < -0.3 is 35.0 Å². The maximum Gasteiger partial charge on any atom is 0.410 e. The zero-order valence-corrected chi connectivity index (χ0v) is 28.3. The maximum atomic E-state index is 13.4. The van der Waals surface area contributed by atoms with Gasteiger partial charge in [0, 0.05) is 48.9 Å². The summed E-state index contributed by atoms with van der Waals surface area (Å²) in [6.45, 7) is 7.91. The summed E-state index contributed by atoms with van der Waals surface area (Å²) in [6, 6.07) is 9.42. The highest BCUT2D eigenvalue weighted by Crippen LogP contribution is 2.32. The normalized spacial score (nSPS) is 20.0. The largest absolute Gasteiger partial charge is 0.444 e. The Balaban J connectivity index is 1.12. The number of aliphatic hydroxyl groups is 1.